The van der Waals surface area contributed by atoms with Crippen molar-refractivity contribution in [2.45, 2.75) is 83.0 Å². The molecule has 0 aliphatic carbocycles. The lowest BCUT2D eigenvalue weighted by molar-refractivity contribution is 0.120. The molecule has 0 fully saturated rings. The monoisotopic (exact) mass is 462 g/mol. The van der Waals surface area contributed by atoms with Crippen molar-refractivity contribution in [3.8, 4) is 0 Å². The van der Waals surface area contributed by atoms with Crippen molar-refractivity contribution in [2.75, 3.05) is 0 Å². The fraction of sp³-hybridized carbons (Fsp3) is 0.520. The SMILES string of the molecule is Cc1ccc(S(=O)(=O)O)c(C[C@@H](O[Si](C)(C)C(C)(C)C)[C@H](C)CCc2ccccc2)c1. The minimum atomic E-state index is -4.29. The lowest BCUT2D eigenvalue weighted by Gasteiger charge is -2.41. The quantitative estimate of drug-likeness (QED) is 0.344. The highest BCUT2D eigenvalue weighted by atomic mass is 32.2. The first-order chi connectivity index (χ1) is 14.2. The zero-order valence-electron chi connectivity index (χ0n) is 20.0. The number of hydrogen-bond donors (Lipinski definition) is 1. The van der Waals surface area contributed by atoms with Gasteiger partial charge in [-0.1, -0.05) is 75.7 Å². The van der Waals surface area contributed by atoms with Crippen molar-refractivity contribution in [3.05, 3.63) is 65.2 Å². The van der Waals surface area contributed by atoms with E-state index in [9.17, 15) is 13.0 Å². The van der Waals surface area contributed by atoms with Crippen LogP contribution in [0.2, 0.25) is 18.1 Å². The zero-order valence-corrected chi connectivity index (χ0v) is 21.8. The third-order valence-electron chi connectivity index (χ3n) is 6.53. The molecule has 0 spiro atoms. The maximum absolute atomic E-state index is 12.0. The van der Waals surface area contributed by atoms with E-state index in [1.807, 2.05) is 19.1 Å². The molecule has 0 aliphatic heterocycles. The van der Waals surface area contributed by atoms with Gasteiger partial charge in [-0.05, 0) is 67.4 Å². The van der Waals surface area contributed by atoms with Gasteiger partial charge >= 0.3 is 0 Å². The maximum Gasteiger partial charge on any atom is 0.294 e. The molecule has 31 heavy (non-hydrogen) atoms. The van der Waals surface area contributed by atoms with Gasteiger partial charge in [-0.2, -0.15) is 8.42 Å². The lowest BCUT2D eigenvalue weighted by atomic mass is 9.92. The first-order valence-corrected chi connectivity index (χ1v) is 15.3. The number of benzene rings is 2. The van der Waals surface area contributed by atoms with E-state index < -0.39 is 18.4 Å². The van der Waals surface area contributed by atoms with Gasteiger partial charge < -0.3 is 4.43 Å². The van der Waals surface area contributed by atoms with Gasteiger partial charge in [0.2, 0.25) is 0 Å². The second-order valence-corrected chi connectivity index (χ2v) is 16.4. The summed E-state index contributed by atoms with van der Waals surface area (Å²) >= 11 is 0. The van der Waals surface area contributed by atoms with Gasteiger partial charge in [-0.3, -0.25) is 4.55 Å². The first kappa shape index (κ1) is 25.8. The van der Waals surface area contributed by atoms with Crippen molar-refractivity contribution >= 4 is 18.4 Å². The standard InChI is InChI=1S/C25H38O4SSi/c1-19-13-16-24(30(26,27)28)22(17-19)18-23(29-31(6,7)25(3,4)5)20(2)14-15-21-11-9-8-10-12-21/h8-13,16-17,20,23H,14-15,18H2,1-7H3,(H,26,27,28)/t20-,23-/m1/s1. The molecular weight excluding hydrogens is 424 g/mol. The zero-order chi connectivity index (χ0) is 23.4. The minimum absolute atomic E-state index is 0.0165. The molecule has 0 aromatic heterocycles. The summed E-state index contributed by atoms with van der Waals surface area (Å²) in [6, 6.07) is 15.5. The van der Waals surface area contributed by atoms with E-state index in [4.69, 9.17) is 4.43 Å². The van der Waals surface area contributed by atoms with E-state index in [2.05, 4.69) is 65.1 Å². The van der Waals surface area contributed by atoms with Gasteiger partial charge in [0, 0.05) is 0 Å². The van der Waals surface area contributed by atoms with Crippen LogP contribution in [0.4, 0.5) is 0 Å². The Labute approximate surface area is 189 Å². The normalized spacial score (nSPS) is 15.0. The van der Waals surface area contributed by atoms with E-state index in [-0.39, 0.29) is 22.0 Å². The molecule has 0 bridgehead atoms. The Hall–Kier alpha value is -1.47. The molecule has 172 valence electrons. The van der Waals surface area contributed by atoms with Crippen molar-refractivity contribution in [1.29, 1.82) is 0 Å². The molecule has 0 saturated heterocycles. The second-order valence-electron chi connectivity index (χ2n) is 10.2. The van der Waals surface area contributed by atoms with Crippen LogP contribution < -0.4 is 0 Å². The highest BCUT2D eigenvalue weighted by molar-refractivity contribution is 7.85. The van der Waals surface area contributed by atoms with E-state index in [1.54, 1.807) is 6.07 Å². The Morgan fingerprint density at radius 3 is 2.23 bits per heavy atom. The Morgan fingerprint density at radius 2 is 1.68 bits per heavy atom. The van der Waals surface area contributed by atoms with Gasteiger partial charge in [-0.25, -0.2) is 0 Å². The van der Waals surface area contributed by atoms with Gasteiger partial charge in [-0.15, -0.1) is 0 Å². The smallest absolute Gasteiger partial charge is 0.294 e. The topological polar surface area (TPSA) is 63.6 Å². The van der Waals surface area contributed by atoms with E-state index in [1.165, 1.54) is 11.6 Å². The average Bonchev–Trinajstić information content (AvgIpc) is 2.64. The Kier molecular flexibility index (Phi) is 8.31. The maximum atomic E-state index is 12.0. The molecule has 0 amide bonds. The third-order valence-corrected chi connectivity index (χ3v) is 12.0. The van der Waals surface area contributed by atoms with Crippen LogP contribution in [0, 0.1) is 12.8 Å². The summed E-state index contributed by atoms with van der Waals surface area (Å²) in [5.41, 5.74) is 2.87. The van der Waals surface area contributed by atoms with E-state index in [0.29, 0.717) is 12.0 Å². The molecule has 2 rings (SSSR count). The average molecular weight is 463 g/mol. The molecule has 0 saturated carbocycles. The molecule has 2 aromatic carbocycles. The predicted octanol–water partition coefficient (Wildman–Crippen LogP) is 6.44. The minimum Gasteiger partial charge on any atom is -0.413 e. The van der Waals surface area contributed by atoms with Gasteiger partial charge in [0.15, 0.2) is 8.32 Å². The summed E-state index contributed by atoms with van der Waals surface area (Å²) in [4.78, 5) is -0.0165. The molecule has 2 aromatic rings. The third kappa shape index (κ3) is 7.28. The van der Waals surface area contributed by atoms with E-state index >= 15 is 0 Å². The van der Waals surface area contributed by atoms with Crippen molar-refractivity contribution in [1.82, 2.24) is 0 Å². The van der Waals surface area contributed by atoms with Crippen LogP contribution in [-0.4, -0.2) is 27.4 Å². The number of rotatable bonds is 9. The van der Waals surface area contributed by atoms with Crippen LogP contribution in [0.1, 0.15) is 50.8 Å². The van der Waals surface area contributed by atoms with Crippen molar-refractivity contribution in [3.63, 3.8) is 0 Å². The number of hydrogen-bond acceptors (Lipinski definition) is 3. The van der Waals surface area contributed by atoms with E-state index in [0.717, 1.165) is 18.4 Å². The van der Waals surface area contributed by atoms with Crippen LogP contribution >= 0.6 is 0 Å². The highest BCUT2D eigenvalue weighted by Gasteiger charge is 2.40. The molecule has 6 heteroatoms. The largest absolute Gasteiger partial charge is 0.413 e. The summed E-state index contributed by atoms with van der Waals surface area (Å²) < 4.78 is 40.6. The number of aryl methyl sites for hydroxylation is 2. The van der Waals surface area contributed by atoms with Gasteiger partial charge in [0.1, 0.15) is 0 Å². The summed E-state index contributed by atoms with van der Waals surface area (Å²) in [5, 5.41) is 0.0445. The van der Waals surface area contributed by atoms with Gasteiger partial charge in [0.05, 0.1) is 11.0 Å². The molecule has 0 unspecified atom stereocenters. The van der Waals surface area contributed by atoms with Crippen LogP contribution in [-0.2, 0) is 27.4 Å². The Morgan fingerprint density at radius 1 is 1.06 bits per heavy atom. The molecule has 0 aliphatic rings. The lowest BCUT2D eigenvalue weighted by Crippen LogP contribution is -2.46. The summed E-state index contributed by atoms with van der Waals surface area (Å²) in [5.74, 6) is 0.226. The molecule has 2 atom stereocenters. The molecule has 0 heterocycles. The molecular formula is C25H38O4SSi. The Balaban J connectivity index is 2.35. The Bertz CT molecular complexity index is 963. The first-order valence-electron chi connectivity index (χ1n) is 11.0. The fourth-order valence-corrected chi connectivity index (χ4v) is 5.61. The summed E-state index contributed by atoms with van der Waals surface area (Å²) in [6.45, 7) is 15.2. The van der Waals surface area contributed by atoms with Crippen LogP contribution in [0.15, 0.2) is 53.4 Å². The van der Waals surface area contributed by atoms with Crippen LogP contribution in [0.25, 0.3) is 0 Å². The fourth-order valence-electron chi connectivity index (χ4n) is 3.48. The highest BCUT2D eigenvalue weighted by Crippen LogP contribution is 2.39. The van der Waals surface area contributed by atoms with Crippen molar-refractivity contribution < 1.29 is 17.4 Å². The molecule has 0 radical (unpaired) electrons. The van der Waals surface area contributed by atoms with Crippen LogP contribution in [0.3, 0.4) is 0 Å². The summed E-state index contributed by atoms with van der Waals surface area (Å²) in [7, 11) is -6.37. The van der Waals surface area contributed by atoms with Gasteiger partial charge in [0.25, 0.3) is 10.1 Å². The summed E-state index contributed by atoms with van der Waals surface area (Å²) in [6.07, 6.45) is 2.21. The predicted molar refractivity (Wildman–Crippen MR) is 131 cm³/mol. The molecule has 4 nitrogen and oxygen atoms in total. The van der Waals surface area contributed by atoms with Crippen molar-refractivity contribution in [2.24, 2.45) is 5.92 Å². The van der Waals surface area contributed by atoms with Crippen LogP contribution in [0.5, 0.6) is 0 Å². The molecule has 1 N–H and O–H groups in total. The second kappa shape index (κ2) is 9.99.